The van der Waals surface area contributed by atoms with E-state index in [1.807, 2.05) is 24.3 Å². The Balaban J connectivity index is 1.55. The predicted molar refractivity (Wildman–Crippen MR) is 97.0 cm³/mol. The number of para-hydroxylation sites is 1. The van der Waals surface area contributed by atoms with Gasteiger partial charge in [0.15, 0.2) is 17.2 Å². The molecular weight excluding hydrogens is 314 g/mol. The van der Waals surface area contributed by atoms with Gasteiger partial charge in [-0.2, -0.15) is 5.10 Å². The van der Waals surface area contributed by atoms with E-state index in [1.54, 1.807) is 6.33 Å². The third-order valence-electron chi connectivity index (χ3n) is 5.02. The normalized spacial score (nSPS) is 15.8. The molecule has 1 saturated carbocycles. The summed E-state index contributed by atoms with van der Waals surface area (Å²) in [5, 5.41) is 9.03. The second-order valence-electron chi connectivity index (χ2n) is 6.82. The van der Waals surface area contributed by atoms with Crippen molar-refractivity contribution in [3.05, 3.63) is 42.4 Å². The van der Waals surface area contributed by atoms with Crippen LogP contribution >= 0.6 is 0 Å². The summed E-state index contributed by atoms with van der Waals surface area (Å²) in [5.41, 5.74) is 3.43. The molecule has 4 aromatic rings. The second-order valence-corrected chi connectivity index (χ2v) is 6.82. The number of rotatable bonds is 4. The van der Waals surface area contributed by atoms with Crippen LogP contribution < -0.4 is 5.32 Å². The van der Waals surface area contributed by atoms with E-state index in [1.165, 1.54) is 12.8 Å². The van der Waals surface area contributed by atoms with Gasteiger partial charge in [0.2, 0.25) is 0 Å². The molecule has 1 aliphatic carbocycles. The molecule has 6 heteroatoms. The summed E-state index contributed by atoms with van der Waals surface area (Å²) in [6.45, 7) is 4.33. The first-order valence-electron chi connectivity index (χ1n) is 8.66. The molecule has 0 unspecified atom stereocenters. The fourth-order valence-electron chi connectivity index (χ4n) is 3.47. The van der Waals surface area contributed by atoms with Gasteiger partial charge in [-0.25, -0.2) is 9.97 Å². The zero-order chi connectivity index (χ0) is 17.0. The fourth-order valence-corrected chi connectivity index (χ4v) is 3.47. The van der Waals surface area contributed by atoms with Gasteiger partial charge < -0.3 is 9.73 Å². The average molecular weight is 333 g/mol. The minimum atomic E-state index is 0.437. The summed E-state index contributed by atoms with van der Waals surface area (Å²) in [5.74, 6) is 2.18. The molecule has 126 valence electrons. The number of benzene rings is 1. The maximum Gasteiger partial charge on any atom is 0.196 e. The minimum absolute atomic E-state index is 0.437. The van der Waals surface area contributed by atoms with E-state index < -0.39 is 0 Å². The van der Waals surface area contributed by atoms with Gasteiger partial charge in [0.25, 0.3) is 0 Å². The van der Waals surface area contributed by atoms with Crippen molar-refractivity contribution < 1.29 is 4.42 Å². The Morgan fingerprint density at radius 1 is 1.24 bits per heavy atom. The van der Waals surface area contributed by atoms with E-state index in [0.717, 1.165) is 33.9 Å². The third-order valence-corrected chi connectivity index (χ3v) is 5.02. The molecule has 0 aliphatic heterocycles. The zero-order valence-corrected chi connectivity index (χ0v) is 14.2. The van der Waals surface area contributed by atoms with Gasteiger partial charge >= 0.3 is 0 Å². The number of aryl methyl sites for hydroxylation is 1. The van der Waals surface area contributed by atoms with Crippen LogP contribution in [0.4, 0.5) is 11.6 Å². The molecule has 1 N–H and O–H groups in total. The van der Waals surface area contributed by atoms with Crippen LogP contribution in [0.3, 0.4) is 0 Å². The SMILES string of the molecule is Cc1cc(Nc2ncnc3c2oc2ccccc23)nn1[C@@H](C)C1CC1. The lowest BCUT2D eigenvalue weighted by Crippen LogP contribution is -2.10. The number of fused-ring (bicyclic) bond motifs is 3. The van der Waals surface area contributed by atoms with Gasteiger partial charge in [-0.1, -0.05) is 12.1 Å². The van der Waals surface area contributed by atoms with E-state index in [0.29, 0.717) is 17.4 Å². The smallest absolute Gasteiger partial charge is 0.196 e. The summed E-state index contributed by atoms with van der Waals surface area (Å²) >= 11 is 0. The Hall–Kier alpha value is -2.89. The van der Waals surface area contributed by atoms with Gasteiger partial charge in [-0.3, -0.25) is 4.68 Å². The van der Waals surface area contributed by atoms with Crippen molar-refractivity contribution in [2.75, 3.05) is 5.32 Å². The predicted octanol–water partition coefficient (Wildman–Crippen LogP) is 4.60. The summed E-state index contributed by atoms with van der Waals surface area (Å²) < 4.78 is 8.07. The highest BCUT2D eigenvalue weighted by Crippen LogP contribution is 2.40. The summed E-state index contributed by atoms with van der Waals surface area (Å²) in [4.78, 5) is 8.75. The molecule has 3 aromatic heterocycles. The van der Waals surface area contributed by atoms with Crippen molar-refractivity contribution in [3.63, 3.8) is 0 Å². The van der Waals surface area contributed by atoms with Gasteiger partial charge in [-0.05, 0) is 44.7 Å². The Morgan fingerprint density at radius 2 is 2.08 bits per heavy atom. The van der Waals surface area contributed by atoms with Crippen LogP contribution in [0.15, 0.2) is 41.1 Å². The van der Waals surface area contributed by atoms with E-state index in [4.69, 9.17) is 9.52 Å². The van der Waals surface area contributed by atoms with Gasteiger partial charge in [0.05, 0.1) is 6.04 Å². The molecule has 1 aliphatic rings. The standard InChI is InChI=1S/C19H19N5O/c1-11-9-16(23-24(11)12(2)13-7-8-13)22-19-18-17(20-10-21-19)14-5-3-4-6-15(14)25-18/h3-6,9-10,12-13H,7-8H2,1-2H3,(H,20,21,22,23)/t12-/m0/s1. The molecular formula is C19H19N5O. The van der Waals surface area contributed by atoms with Crippen LogP contribution in [0.1, 0.15) is 31.5 Å². The lowest BCUT2D eigenvalue weighted by molar-refractivity contribution is 0.432. The maximum absolute atomic E-state index is 5.97. The average Bonchev–Trinajstić information content (AvgIpc) is 3.31. The highest BCUT2D eigenvalue weighted by molar-refractivity contribution is 6.05. The summed E-state index contributed by atoms with van der Waals surface area (Å²) in [6.07, 6.45) is 4.16. The first kappa shape index (κ1) is 14.5. The lowest BCUT2D eigenvalue weighted by atomic mass is 10.2. The quantitative estimate of drug-likeness (QED) is 0.591. The maximum atomic E-state index is 5.97. The number of aromatic nitrogens is 4. The molecule has 25 heavy (non-hydrogen) atoms. The number of anilines is 2. The van der Waals surface area contributed by atoms with E-state index in [2.05, 4.69) is 39.9 Å². The molecule has 3 heterocycles. The van der Waals surface area contributed by atoms with Gasteiger partial charge in [0.1, 0.15) is 17.4 Å². The number of hydrogen-bond acceptors (Lipinski definition) is 5. The van der Waals surface area contributed by atoms with Crippen molar-refractivity contribution in [2.45, 2.75) is 32.7 Å². The molecule has 1 fully saturated rings. The van der Waals surface area contributed by atoms with Crippen LogP contribution in [0.5, 0.6) is 0 Å². The Labute approximate surface area is 144 Å². The summed E-state index contributed by atoms with van der Waals surface area (Å²) in [6, 6.07) is 10.4. The fraction of sp³-hybridized carbons (Fsp3) is 0.316. The third kappa shape index (κ3) is 2.36. The second kappa shape index (κ2) is 5.31. The number of furan rings is 1. The monoisotopic (exact) mass is 333 g/mol. The number of hydrogen-bond donors (Lipinski definition) is 1. The molecule has 1 atom stereocenters. The van der Waals surface area contributed by atoms with Crippen LogP contribution in [0.25, 0.3) is 22.1 Å². The van der Waals surface area contributed by atoms with Crippen molar-refractivity contribution >= 4 is 33.7 Å². The van der Waals surface area contributed by atoms with Crippen LogP contribution in [0.2, 0.25) is 0 Å². The molecule has 0 radical (unpaired) electrons. The molecule has 6 nitrogen and oxygen atoms in total. The Morgan fingerprint density at radius 3 is 2.92 bits per heavy atom. The minimum Gasteiger partial charge on any atom is -0.450 e. The summed E-state index contributed by atoms with van der Waals surface area (Å²) in [7, 11) is 0. The van der Waals surface area contributed by atoms with Crippen molar-refractivity contribution in [2.24, 2.45) is 5.92 Å². The van der Waals surface area contributed by atoms with Crippen molar-refractivity contribution in [1.82, 2.24) is 19.7 Å². The van der Waals surface area contributed by atoms with Crippen molar-refractivity contribution in [3.8, 4) is 0 Å². The first-order chi connectivity index (χ1) is 12.2. The number of nitrogens with one attached hydrogen (secondary N) is 1. The largest absolute Gasteiger partial charge is 0.450 e. The van der Waals surface area contributed by atoms with Gasteiger partial charge in [-0.15, -0.1) is 0 Å². The van der Waals surface area contributed by atoms with Crippen LogP contribution in [-0.2, 0) is 0 Å². The first-order valence-corrected chi connectivity index (χ1v) is 8.66. The highest BCUT2D eigenvalue weighted by Gasteiger charge is 2.30. The topological polar surface area (TPSA) is 68.8 Å². The van der Waals surface area contributed by atoms with Gasteiger partial charge in [0, 0.05) is 17.1 Å². The van der Waals surface area contributed by atoms with E-state index >= 15 is 0 Å². The Kier molecular flexibility index (Phi) is 3.07. The number of nitrogens with zero attached hydrogens (tertiary/aromatic N) is 4. The lowest BCUT2D eigenvalue weighted by Gasteiger charge is -2.12. The molecule has 1 aromatic carbocycles. The molecule has 0 spiro atoms. The van der Waals surface area contributed by atoms with Crippen LogP contribution in [0, 0.1) is 12.8 Å². The highest BCUT2D eigenvalue weighted by atomic mass is 16.3. The Bertz CT molecular complexity index is 1080. The van der Waals surface area contributed by atoms with Crippen molar-refractivity contribution in [1.29, 1.82) is 0 Å². The molecule has 0 saturated heterocycles. The van der Waals surface area contributed by atoms with E-state index in [9.17, 15) is 0 Å². The zero-order valence-electron chi connectivity index (χ0n) is 14.2. The molecule has 0 amide bonds. The molecule has 5 rings (SSSR count). The van der Waals surface area contributed by atoms with Crippen LogP contribution in [-0.4, -0.2) is 19.7 Å². The van der Waals surface area contributed by atoms with E-state index in [-0.39, 0.29) is 0 Å². The molecule has 0 bridgehead atoms.